The number of aryl methyl sites for hydroxylation is 1. The van der Waals surface area contributed by atoms with Crippen LogP contribution in [0.3, 0.4) is 0 Å². The maximum atomic E-state index is 12.7. The van der Waals surface area contributed by atoms with Gasteiger partial charge in [-0.3, -0.25) is 14.3 Å². The maximum absolute atomic E-state index is 12.7. The average Bonchev–Trinajstić information content (AvgIpc) is 3.14. The molecule has 0 radical (unpaired) electrons. The lowest BCUT2D eigenvalue weighted by molar-refractivity contribution is 0.102. The molecule has 160 valence electrons. The zero-order chi connectivity index (χ0) is 21.6. The SMILES string of the molecule is O=C(Nc1ncc(Cl)cn1)c1ccc2c3c(c(NC4(CO)CCC4)nc2c1)[S@](=O)CC3. The number of aromatic nitrogens is 3. The monoisotopic (exact) mass is 457 g/mol. The van der Waals surface area contributed by atoms with Crippen molar-refractivity contribution in [2.75, 3.05) is 23.0 Å². The van der Waals surface area contributed by atoms with Crippen LogP contribution >= 0.6 is 11.6 Å². The van der Waals surface area contributed by atoms with E-state index in [4.69, 9.17) is 16.6 Å². The molecule has 8 nitrogen and oxygen atoms in total. The Morgan fingerprint density at radius 1 is 1.26 bits per heavy atom. The average molecular weight is 458 g/mol. The number of hydrogen-bond acceptors (Lipinski definition) is 7. The van der Waals surface area contributed by atoms with E-state index in [1.54, 1.807) is 12.1 Å². The molecule has 1 saturated carbocycles. The van der Waals surface area contributed by atoms with E-state index in [0.29, 0.717) is 34.1 Å². The van der Waals surface area contributed by atoms with Crippen molar-refractivity contribution in [2.24, 2.45) is 0 Å². The molecule has 1 aromatic carbocycles. The van der Waals surface area contributed by atoms with Crippen LogP contribution < -0.4 is 10.6 Å². The third-order valence-corrected chi connectivity index (χ3v) is 7.58. The van der Waals surface area contributed by atoms with Gasteiger partial charge >= 0.3 is 0 Å². The van der Waals surface area contributed by atoms with Gasteiger partial charge < -0.3 is 10.4 Å². The molecule has 1 fully saturated rings. The summed E-state index contributed by atoms with van der Waals surface area (Å²) in [7, 11) is -1.14. The summed E-state index contributed by atoms with van der Waals surface area (Å²) in [4.78, 5) is 26.1. The minimum absolute atomic E-state index is 0.00232. The summed E-state index contributed by atoms with van der Waals surface area (Å²) >= 11 is 5.78. The molecular weight excluding hydrogens is 438 g/mol. The number of carbonyl (C=O) groups is 1. The van der Waals surface area contributed by atoms with E-state index in [2.05, 4.69) is 20.6 Å². The van der Waals surface area contributed by atoms with E-state index in [1.807, 2.05) is 6.07 Å². The first-order valence-electron chi connectivity index (χ1n) is 10.0. The van der Waals surface area contributed by atoms with E-state index < -0.39 is 16.3 Å². The predicted molar refractivity (Wildman–Crippen MR) is 119 cm³/mol. The van der Waals surface area contributed by atoms with Crippen LogP contribution in [0.5, 0.6) is 0 Å². The minimum atomic E-state index is -1.14. The molecule has 3 aromatic rings. The van der Waals surface area contributed by atoms with Gasteiger partial charge in [-0.15, -0.1) is 0 Å². The van der Waals surface area contributed by atoms with E-state index in [-0.39, 0.29) is 18.5 Å². The molecule has 3 N–H and O–H groups in total. The molecule has 31 heavy (non-hydrogen) atoms. The second-order valence-electron chi connectivity index (χ2n) is 7.90. The van der Waals surface area contributed by atoms with Crippen LogP contribution in [0.4, 0.5) is 11.8 Å². The number of amides is 1. The number of rotatable bonds is 5. The molecule has 1 atom stereocenters. The first kappa shape index (κ1) is 20.3. The number of aliphatic hydroxyl groups excluding tert-OH is 1. The Labute approximate surface area is 185 Å². The molecule has 2 aliphatic rings. The third kappa shape index (κ3) is 3.66. The van der Waals surface area contributed by atoms with Gasteiger partial charge in [-0.25, -0.2) is 15.0 Å². The molecule has 1 aliphatic carbocycles. The summed E-state index contributed by atoms with van der Waals surface area (Å²) in [5.74, 6) is 0.887. The first-order chi connectivity index (χ1) is 15.0. The van der Waals surface area contributed by atoms with Crippen LogP contribution in [0.1, 0.15) is 35.2 Å². The van der Waals surface area contributed by atoms with Crippen molar-refractivity contribution in [3.8, 4) is 0 Å². The molecule has 0 saturated heterocycles. The third-order valence-electron chi connectivity index (χ3n) is 5.91. The second-order valence-corrected chi connectivity index (χ2v) is 9.84. The van der Waals surface area contributed by atoms with Gasteiger partial charge in [0.25, 0.3) is 5.91 Å². The molecule has 2 aromatic heterocycles. The van der Waals surface area contributed by atoms with Crippen LogP contribution in [0.2, 0.25) is 5.02 Å². The molecule has 3 heterocycles. The number of anilines is 2. The fourth-order valence-corrected chi connectivity index (χ4v) is 5.55. The Morgan fingerprint density at radius 3 is 2.71 bits per heavy atom. The van der Waals surface area contributed by atoms with E-state index in [0.717, 1.165) is 35.1 Å². The van der Waals surface area contributed by atoms with Crippen LogP contribution in [-0.2, 0) is 17.2 Å². The summed E-state index contributed by atoms with van der Waals surface area (Å²) in [6, 6.07) is 5.26. The highest BCUT2D eigenvalue weighted by atomic mass is 35.5. The normalized spacial score (nSPS) is 19.0. The summed E-state index contributed by atoms with van der Waals surface area (Å²) in [6.45, 7) is -0.00232. The van der Waals surface area contributed by atoms with Crippen LogP contribution in [0.25, 0.3) is 10.9 Å². The Morgan fingerprint density at radius 2 is 2.03 bits per heavy atom. The molecule has 0 unspecified atom stereocenters. The number of aliphatic hydroxyl groups is 1. The molecular formula is C21H20ClN5O3S. The van der Waals surface area contributed by atoms with Crippen LogP contribution in [0, 0.1) is 0 Å². The Kier molecular flexibility index (Phi) is 5.11. The molecule has 5 rings (SSSR count). The van der Waals surface area contributed by atoms with Crippen molar-refractivity contribution in [1.82, 2.24) is 15.0 Å². The van der Waals surface area contributed by atoms with Gasteiger partial charge in [0.15, 0.2) is 0 Å². The van der Waals surface area contributed by atoms with Gasteiger partial charge in [0, 0.05) is 16.7 Å². The van der Waals surface area contributed by atoms with Crippen molar-refractivity contribution in [3.05, 3.63) is 46.7 Å². The van der Waals surface area contributed by atoms with Gasteiger partial charge in [-0.1, -0.05) is 17.7 Å². The Balaban J connectivity index is 1.52. The summed E-state index contributed by atoms with van der Waals surface area (Å²) in [5.41, 5.74) is 1.62. The summed E-state index contributed by atoms with van der Waals surface area (Å²) in [6.07, 6.45) is 6.22. The zero-order valence-corrected chi connectivity index (χ0v) is 18.1. The smallest absolute Gasteiger partial charge is 0.258 e. The number of benzene rings is 1. The minimum Gasteiger partial charge on any atom is -0.394 e. The van der Waals surface area contributed by atoms with E-state index >= 15 is 0 Å². The zero-order valence-electron chi connectivity index (χ0n) is 16.5. The molecule has 0 bridgehead atoms. The first-order valence-corrected chi connectivity index (χ1v) is 11.7. The molecule has 10 heteroatoms. The van der Waals surface area contributed by atoms with Crippen LogP contribution in [-0.4, -0.2) is 48.1 Å². The Hall–Kier alpha value is -2.62. The van der Waals surface area contributed by atoms with Gasteiger partial charge in [0.1, 0.15) is 5.82 Å². The van der Waals surface area contributed by atoms with Crippen molar-refractivity contribution < 1.29 is 14.1 Å². The van der Waals surface area contributed by atoms with Gasteiger partial charge in [0.2, 0.25) is 5.95 Å². The highest BCUT2D eigenvalue weighted by Crippen LogP contribution is 2.40. The highest BCUT2D eigenvalue weighted by Gasteiger charge is 2.38. The van der Waals surface area contributed by atoms with Gasteiger partial charge in [-0.2, -0.15) is 0 Å². The standard InChI is InChI=1S/C21H20ClN5O3S/c22-13-9-23-20(24-10-13)26-19(29)12-2-3-14-15-4-7-31(30)17(15)18(25-16(14)8-12)27-21(11-28)5-1-6-21/h2-3,8-10,28H,1,4-7,11H2,(H,25,27)(H,23,24,26,29)/t31-/m1/s1. The number of halogens is 1. The van der Waals surface area contributed by atoms with Crippen molar-refractivity contribution in [1.29, 1.82) is 0 Å². The molecule has 1 amide bonds. The number of pyridine rings is 1. The number of fused-ring (bicyclic) bond motifs is 3. The maximum Gasteiger partial charge on any atom is 0.258 e. The van der Waals surface area contributed by atoms with Crippen LogP contribution in [0.15, 0.2) is 35.5 Å². The van der Waals surface area contributed by atoms with Crippen molar-refractivity contribution in [3.63, 3.8) is 0 Å². The fourth-order valence-electron chi connectivity index (χ4n) is 4.06. The summed E-state index contributed by atoms with van der Waals surface area (Å²) in [5, 5.41) is 17.1. The quantitative estimate of drug-likeness (QED) is 0.539. The lowest BCUT2D eigenvalue weighted by atomic mass is 9.77. The lowest BCUT2D eigenvalue weighted by Gasteiger charge is -2.41. The molecule has 0 spiro atoms. The second kappa shape index (κ2) is 7.81. The number of nitrogens with one attached hydrogen (secondary N) is 2. The van der Waals surface area contributed by atoms with Crippen molar-refractivity contribution in [2.45, 2.75) is 36.1 Å². The largest absolute Gasteiger partial charge is 0.394 e. The number of nitrogens with zero attached hydrogens (tertiary/aromatic N) is 3. The highest BCUT2D eigenvalue weighted by molar-refractivity contribution is 7.85. The fraction of sp³-hybridized carbons (Fsp3) is 0.333. The molecule has 1 aliphatic heterocycles. The topological polar surface area (TPSA) is 117 Å². The predicted octanol–water partition coefficient (Wildman–Crippen LogP) is 2.92. The number of carbonyl (C=O) groups excluding carboxylic acids is 1. The lowest BCUT2D eigenvalue weighted by Crippen LogP contribution is -2.48. The van der Waals surface area contributed by atoms with Gasteiger partial charge in [0.05, 0.1) is 50.8 Å². The summed E-state index contributed by atoms with van der Waals surface area (Å²) < 4.78 is 12.7. The number of hydrogen-bond donors (Lipinski definition) is 3. The van der Waals surface area contributed by atoms with Crippen molar-refractivity contribution >= 4 is 51.0 Å². The van der Waals surface area contributed by atoms with E-state index in [9.17, 15) is 14.1 Å². The van der Waals surface area contributed by atoms with E-state index in [1.165, 1.54) is 12.4 Å². The Bertz CT molecular complexity index is 1210. The van der Waals surface area contributed by atoms with Gasteiger partial charge in [-0.05, 0) is 43.4 Å².